The summed E-state index contributed by atoms with van der Waals surface area (Å²) in [4.78, 5) is 14.2. The van der Waals surface area contributed by atoms with Crippen molar-refractivity contribution in [2.45, 2.75) is 31.7 Å². The van der Waals surface area contributed by atoms with Crippen LogP contribution in [0, 0.1) is 12.7 Å². The number of carbonyl (C=O) groups is 1. The summed E-state index contributed by atoms with van der Waals surface area (Å²) in [7, 11) is 4.05. The Morgan fingerprint density at radius 1 is 1.42 bits per heavy atom. The van der Waals surface area contributed by atoms with E-state index in [1.54, 1.807) is 12.1 Å². The van der Waals surface area contributed by atoms with Crippen molar-refractivity contribution in [3.63, 3.8) is 0 Å². The molecule has 2 rings (SSSR count). The first-order valence-electron chi connectivity index (χ1n) is 6.66. The molecule has 1 N–H and O–H groups in total. The second-order valence-electron chi connectivity index (χ2n) is 5.64. The van der Waals surface area contributed by atoms with Gasteiger partial charge in [-0.05, 0) is 52.4 Å². The van der Waals surface area contributed by atoms with Crippen molar-refractivity contribution in [3.8, 4) is 0 Å². The summed E-state index contributed by atoms with van der Waals surface area (Å²) < 4.78 is 13.6. The number of hydrogen-bond donors (Lipinski definition) is 1. The molecule has 0 unspecified atom stereocenters. The largest absolute Gasteiger partial charge is 0.350 e. The fourth-order valence-electron chi connectivity index (χ4n) is 2.52. The topological polar surface area (TPSA) is 32.3 Å². The average Bonchev–Trinajstić information content (AvgIpc) is 2.30. The molecule has 1 aromatic carbocycles. The van der Waals surface area contributed by atoms with Gasteiger partial charge in [0, 0.05) is 12.1 Å². The van der Waals surface area contributed by atoms with E-state index in [2.05, 4.69) is 10.2 Å². The van der Waals surface area contributed by atoms with Crippen LogP contribution in [0.25, 0.3) is 0 Å². The number of carbonyl (C=O) groups excluding carboxylic acids is 1. The first kappa shape index (κ1) is 14.0. The number of nitrogens with one attached hydrogen (secondary N) is 1. The minimum Gasteiger partial charge on any atom is -0.350 e. The van der Waals surface area contributed by atoms with Crippen LogP contribution in [0.4, 0.5) is 4.39 Å². The van der Waals surface area contributed by atoms with Crippen LogP contribution in [0.2, 0.25) is 0 Å². The van der Waals surface area contributed by atoms with E-state index in [0.29, 0.717) is 6.54 Å². The summed E-state index contributed by atoms with van der Waals surface area (Å²) >= 11 is 0. The maximum Gasteiger partial charge on any atom is 0.254 e. The molecule has 0 spiro atoms. The number of likely N-dealkylation sites (N-methyl/N-ethyl adjacent to an activating group) is 1. The van der Waals surface area contributed by atoms with E-state index in [1.165, 1.54) is 12.5 Å². The number of benzene rings is 1. The van der Waals surface area contributed by atoms with Gasteiger partial charge in [0.1, 0.15) is 5.82 Å². The molecule has 0 aromatic heterocycles. The molecule has 0 atom stereocenters. The van der Waals surface area contributed by atoms with Gasteiger partial charge in [-0.2, -0.15) is 0 Å². The summed E-state index contributed by atoms with van der Waals surface area (Å²) in [6.45, 7) is 2.43. The molecule has 1 aliphatic rings. The summed E-state index contributed by atoms with van der Waals surface area (Å²) in [6, 6.07) is 4.60. The van der Waals surface area contributed by atoms with Crippen molar-refractivity contribution in [1.82, 2.24) is 10.2 Å². The molecule has 0 heterocycles. The standard InChI is InChI=1S/C15H21FN2O/c1-11-5-6-13(16)12(9-11)14(19)17-10-15(18(2)3)7-4-8-15/h5-6,9H,4,7-8,10H2,1-3H3,(H,17,19). The van der Waals surface area contributed by atoms with E-state index in [-0.39, 0.29) is 17.0 Å². The molecule has 4 heteroatoms. The van der Waals surface area contributed by atoms with Gasteiger partial charge in [0.15, 0.2) is 0 Å². The zero-order chi connectivity index (χ0) is 14.0. The Kier molecular flexibility index (Phi) is 3.90. The Bertz CT molecular complexity index is 481. The van der Waals surface area contributed by atoms with Gasteiger partial charge in [-0.25, -0.2) is 4.39 Å². The lowest BCUT2D eigenvalue weighted by Crippen LogP contribution is -2.57. The molecule has 0 bridgehead atoms. The lowest BCUT2D eigenvalue weighted by molar-refractivity contribution is 0.0556. The summed E-state index contributed by atoms with van der Waals surface area (Å²) in [5, 5.41) is 2.87. The number of halogens is 1. The van der Waals surface area contributed by atoms with Gasteiger partial charge < -0.3 is 10.2 Å². The summed E-state index contributed by atoms with van der Waals surface area (Å²) in [6.07, 6.45) is 3.35. The number of amides is 1. The molecule has 1 fully saturated rings. The third-order valence-corrected chi connectivity index (χ3v) is 4.18. The molecular formula is C15H21FN2O. The summed E-state index contributed by atoms with van der Waals surface area (Å²) in [5.74, 6) is -0.787. The van der Waals surface area contributed by atoms with Crippen molar-refractivity contribution in [2.75, 3.05) is 20.6 Å². The molecule has 3 nitrogen and oxygen atoms in total. The highest BCUT2D eigenvalue weighted by molar-refractivity contribution is 5.94. The first-order chi connectivity index (χ1) is 8.94. The molecule has 1 aromatic rings. The van der Waals surface area contributed by atoms with Crippen molar-refractivity contribution in [2.24, 2.45) is 0 Å². The number of nitrogens with zero attached hydrogens (tertiary/aromatic N) is 1. The smallest absolute Gasteiger partial charge is 0.254 e. The number of hydrogen-bond acceptors (Lipinski definition) is 2. The minimum absolute atomic E-state index is 0.0515. The second-order valence-corrected chi connectivity index (χ2v) is 5.64. The fraction of sp³-hybridized carbons (Fsp3) is 0.533. The Labute approximate surface area is 113 Å². The highest BCUT2D eigenvalue weighted by atomic mass is 19.1. The molecule has 104 valence electrons. The van der Waals surface area contributed by atoms with Crippen LogP contribution >= 0.6 is 0 Å². The zero-order valence-corrected chi connectivity index (χ0v) is 11.8. The van der Waals surface area contributed by atoms with Gasteiger partial charge in [0.05, 0.1) is 5.56 Å². The van der Waals surface area contributed by atoms with Crippen molar-refractivity contribution >= 4 is 5.91 Å². The van der Waals surface area contributed by atoms with Crippen molar-refractivity contribution < 1.29 is 9.18 Å². The van der Waals surface area contributed by atoms with Crippen molar-refractivity contribution in [3.05, 3.63) is 35.1 Å². The quantitative estimate of drug-likeness (QED) is 0.905. The number of aryl methyl sites for hydroxylation is 1. The Morgan fingerprint density at radius 2 is 2.11 bits per heavy atom. The molecular weight excluding hydrogens is 243 g/mol. The molecule has 1 saturated carbocycles. The molecule has 0 saturated heterocycles. The van der Waals surface area contributed by atoms with Crippen molar-refractivity contribution in [1.29, 1.82) is 0 Å². The summed E-state index contributed by atoms with van der Waals surface area (Å²) in [5.41, 5.74) is 1.07. The van der Waals surface area contributed by atoms with Crippen LogP contribution in [-0.2, 0) is 0 Å². The highest BCUT2D eigenvalue weighted by Crippen LogP contribution is 2.35. The van der Waals surface area contributed by atoms with Gasteiger partial charge in [0.25, 0.3) is 5.91 Å². The van der Waals surface area contributed by atoms with Crippen LogP contribution < -0.4 is 5.32 Å². The Hall–Kier alpha value is -1.42. The van der Waals surface area contributed by atoms with E-state index in [9.17, 15) is 9.18 Å². The maximum absolute atomic E-state index is 13.6. The molecule has 1 aliphatic carbocycles. The van der Waals surface area contributed by atoms with E-state index >= 15 is 0 Å². The monoisotopic (exact) mass is 264 g/mol. The van der Waals surface area contributed by atoms with E-state index < -0.39 is 5.82 Å². The average molecular weight is 264 g/mol. The van der Waals surface area contributed by atoms with Gasteiger partial charge in [-0.1, -0.05) is 11.6 Å². The van der Waals surface area contributed by atoms with Gasteiger partial charge >= 0.3 is 0 Å². The normalized spacial score (nSPS) is 17.1. The van der Waals surface area contributed by atoms with Crippen LogP contribution in [0.3, 0.4) is 0 Å². The van der Waals surface area contributed by atoms with Crippen LogP contribution in [0.15, 0.2) is 18.2 Å². The lowest BCUT2D eigenvalue weighted by atomic mass is 9.75. The van der Waals surface area contributed by atoms with E-state index in [1.807, 2.05) is 21.0 Å². The lowest BCUT2D eigenvalue weighted by Gasteiger charge is -2.47. The Morgan fingerprint density at radius 3 is 2.63 bits per heavy atom. The fourth-order valence-corrected chi connectivity index (χ4v) is 2.52. The SMILES string of the molecule is Cc1ccc(F)c(C(=O)NCC2(N(C)C)CCC2)c1. The highest BCUT2D eigenvalue weighted by Gasteiger charge is 2.39. The van der Waals surface area contributed by atoms with Crippen LogP contribution in [-0.4, -0.2) is 37.0 Å². The van der Waals surface area contributed by atoms with E-state index in [4.69, 9.17) is 0 Å². The van der Waals surface area contributed by atoms with Gasteiger partial charge in [-0.3, -0.25) is 4.79 Å². The zero-order valence-electron chi connectivity index (χ0n) is 11.8. The third kappa shape index (κ3) is 2.78. The number of rotatable bonds is 4. The first-order valence-corrected chi connectivity index (χ1v) is 6.66. The second kappa shape index (κ2) is 5.29. The minimum atomic E-state index is -0.462. The third-order valence-electron chi connectivity index (χ3n) is 4.18. The molecule has 0 radical (unpaired) electrons. The Balaban J connectivity index is 2.03. The van der Waals surface area contributed by atoms with Crippen LogP contribution in [0.5, 0.6) is 0 Å². The van der Waals surface area contributed by atoms with Crippen LogP contribution in [0.1, 0.15) is 35.2 Å². The predicted molar refractivity (Wildman–Crippen MR) is 73.7 cm³/mol. The van der Waals surface area contributed by atoms with Gasteiger partial charge in [-0.15, -0.1) is 0 Å². The van der Waals surface area contributed by atoms with Gasteiger partial charge in [0.2, 0.25) is 0 Å². The molecule has 1 amide bonds. The molecule has 19 heavy (non-hydrogen) atoms. The predicted octanol–water partition coefficient (Wildman–Crippen LogP) is 2.35. The van der Waals surface area contributed by atoms with E-state index in [0.717, 1.165) is 18.4 Å². The molecule has 0 aliphatic heterocycles. The maximum atomic E-state index is 13.6.